The van der Waals surface area contributed by atoms with Crippen LogP contribution in [0.4, 0.5) is 5.69 Å². The molecule has 2 aromatic rings. The highest BCUT2D eigenvalue weighted by atomic mass is 35.5. The summed E-state index contributed by atoms with van der Waals surface area (Å²) < 4.78 is 5.55. The first-order valence-electron chi connectivity index (χ1n) is 4.81. The Labute approximate surface area is 98.8 Å². The van der Waals surface area contributed by atoms with Gasteiger partial charge in [0.15, 0.2) is 5.75 Å². The fourth-order valence-corrected chi connectivity index (χ4v) is 1.47. The third-order valence-corrected chi connectivity index (χ3v) is 2.31. The van der Waals surface area contributed by atoms with Gasteiger partial charge in [-0.3, -0.25) is 0 Å². The van der Waals surface area contributed by atoms with Gasteiger partial charge in [0, 0.05) is 17.3 Å². The van der Waals surface area contributed by atoms with Gasteiger partial charge in [0.05, 0.1) is 5.69 Å². The molecule has 0 atom stereocenters. The van der Waals surface area contributed by atoms with Crippen molar-refractivity contribution in [3.63, 3.8) is 0 Å². The summed E-state index contributed by atoms with van der Waals surface area (Å²) in [7, 11) is 0. The Morgan fingerprint density at radius 2 is 2.06 bits per heavy atom. The fourth-order valence-electron chi connectivity index (χ4n) is 1.29. The maximum Gasteiger partial charge on any atom is 0.219 e. The number of hydrogen-bond donors (Lipinski definition) is 1. The molecule has 0 aliphatic heterocycles. The average Bonchev–Trinajstić information content (AvgIpc) is 2.22. The number of nitrogen functional groups attached to an aromatic ring is 1. The molecule has 1 aromatic carbocycles. The number of hydrogen-bond acceptors (Lipinski definition) is 3. The van der Waals surface area contributed by atoms with E-state index in [-0.39, 0.29) is 0 Å². The van der Waals surface area contributed by atoms with E-state index < -0.39 is 0 Å². The molecule has 16 heavy (non-hydrogen) atoms. The minimum atomic E-state index is 0.496. The standard InChI is InChI=1S/C12H11ClN2O/c1-8-4-5-15-12(6-8)16-11-3-2-9(13)7-10(11)14/h2-7H,14H2,1H3. The number of nitrogens with zero attached hydrogens (tertiary/aromatic N) is 1. The third kappa shape index (κ3) is 2.44. The summed E-state index contributed by atoms with van der Waals surface area (Å²) in [4.78, 5) is 4.09. The van der Waals surface area contributed by atoms with E-state index in [1.807, 2.05) is 19.1 Å². The van der Waals surface area contributed by atoms with E-state index in [0.717, 1.165) is 5.56 Å². The number of ether oxygens (including phenoxy) is 1. The second-order valence-corrected chi connectivity index (χ2v) is 3.89. The van der Waals surface area contributed by atoms with Crippen LogP contribution in [0.15, 0.2) is 36.5 Å². The quantitative estimate of drug-likeness (QED) is 0.810. The van der Waals surface area contributed by atoms with Gasteiger partial charge in [-0.15, -0.1) is 0 Å². The smallest absolute Gasteiger partial charge is 0.219 e. The molecule has 0 bridgehead atoms. The van der Waals surface area contributed by atoms with Crippen molar-refractivity contribution in [2.45, 2.75) is 6.92 Å². The zero-order chi connectivity index (χ0) is 11.5. The molecule has 1 heterocycles. The highest BCUT2D eigenvalue weighted by Gasteiger charge is 2.03. The molecule has 0 radical (unpaired) electrons. The van der Waals surface area contributed by atoms with Crippen LogP contribution in [0.25, 0.3) is 0 Å². The molecule has 1 aromatic heterocycles. The Morgan fingerprint density at radius 3 is 2.75 bits per heavy atom. The molecule has 3 nitrogen and oxygen atoms in total. The summed E-state index contributed by atoms with van der Waals surface area (Å²) in [6.45, 7) is 1.97. The number of halogens is 1. The Hall–Kier alpha value is -1.74. The topological polar surface area (TPSA) is 48.1 Å². The van der Waals surface area contributed by atoms with E-state index in [2.05, 4.69) is 4.98 Å². The van der Waals surface area contributed by atoms with Crippen LogP contribution < -0.4 is 10.5 Å². The number of rotatable bonds is 2. The van der Waals surface area contributed by atoms with E-state index in [4.69, 9.17) is 22.1 Å². The van der Waals surface area contributed by atoms with Crippen molar-refractivity contribution in [3.8, 4) is 11.6 Å². The van der Waals surface area contributed by atoms with Crippen LogP contribution in [0.3, 0.4) is 0 Å². The molecule has 0 aliphatic carbocycles. The van der Waals surface area contributed by atoms with E-state index >= 15 is 0 Å². The predicted molar refractivity (Wildman–Crippen MR) is 64.9 cm³/mol. The molecule has 82 valence electrons. The van der Waals surface area contributed by atoms with Crippen LogP contribution in [0.5, 0.6) is 11.6 Å². The van der Waals surface area contributed by atoms with Crippen molar-refractivity contribution in [1.82, 2.24) is 4.98 Å². The predicted octanol–water partition coefficient (Wildman–Crippen LogP) is 3.42. The zero-order valence-electron chi connectivity index (χ0n) is 8.77. The Kier molecular flexibility index (Phi) is 2.97. The Bertz CT molecular complexity index is 514. The van der Waals surface area contributed by atoms with Gasteiger partial charge in [0.2, 0.25) is 5.88 Å². The van der Waals surface area contributed by atoms with Crippen LogP contribution in [-0.4, -0.2) is 4.98 Å². The molecule has 2 rings (SSSR count). The van der Waals surface area contributed by atoms with Gasteiger partial charge < -0.3 is 10.5 Å². The van der Waals surface area contributed by atoms with Crippen LogP contribution in [0, 0.1) is 6.92 Å². The Balaban J connectivity index is 2.27. The normalized spacial score (nSPS) is 10.1. The molecular formula is C12H11ClN2O. The summed E-state index contributed by atoms with van der Waals surface area (Å²) >= 11 is 5.79. The number of pyridine rings is 1. The van der Waals surface area contributed by atoms with Crippen LogP contribution in [0.2, 0.25) is 5.02 Å². The van der Waals surface area contributed by atoms with Crippen LogP contribution in [-0.2, 0) is 0 Å². The van der Waals surface area contributed by atoms with Crippen molar-refractivity contribution in [2.75, 3.05) is 5.73 Å². The summed E-state index contributed by atoms with van der Waals surface area (Å²) in [5, 5.41) is 0.585. The summed E-state index contributed by atoms with van der Waals surface area (Å²) in [6.07, 6.45) is 1.69. The number of aromatic nitrogens is 1. The summed E-state index contributed by atoms with van der Waals surface area (Å²) in [5.41, 5.74) is 7.35. The van der Waals surface area contributed by atoms with E-state index in [1.54, 1.807) is 24.4 Å². The zero-order valence-corrected chi connectivity index (χ0v) is 9.53. The summed E-state index contributed by atoms with van der Waals surface area (Å²) in [5.74, 6) is 1.08. The van der Waals surface area contributed by atoms with Crippen molar-refractivity contribution < 1.29 is 4.74 Å². The minimum Gasteiger partial charge on any atom is -0.437 e. The van der Waals surface area contributed by atoms with Gasteiger partial charge in [-0.1, -0.05) is 11.6 Å². The minimum absolute atomic E-state index is 0.496. The van der Waals surface area contributed by atoms with Gasteiger partial charge >= 0.3 is 0 Å². The van der Waals surface area contributed by atoms with Gasteiger partial charge in [0.1, 0.15) is 0 Å². The molecule has 0 aliphatic rings. The molecule has 0 unspecified atom stereocenters. The number of nitrogens with two attached hydrogens (primary N) is 1. The first-order chi connectivity index (χ1) is 7.65. The van der Waals surface area contributed by atoms with Crippen LogP contribution >= 0.6 is 11.6 Å². The monoisotopic (exact) mass is 234 g/mol. The highest BCUT2D eigenvalue weighted by molar-refractivity contribution is 6.30. The SMILES string of the molecule is Cc1ccnc(Oc2ccc(Cl)cc2N)c1. The van der Waals surface area contributed by atoms with Gasteiger partial charge in [-0.2, -0.15) is 0 Å². The highest BCUT2D eigenvalue weighted by Crippen LogP contribution is 2.28. The van der Waals surface area contributed by atoms with Crippen molar-refractivity contribution >= 4 is 17.3 Å². The molecule has 2 N–H and O–H groups in total. The molecule has 0 saturated carbocycles. The summed E-state index contributed by atoms with van der Waals surface area (Å²) in [6, 6.07) is 8.84. The number of anilines is 1. The third-order valence-electron chi connectivity index (χ3n) is 2.08. The molecule has 0 spiro atoms. The van der Waals surface area contributed by atoms with E-state index in [1.165, 1.54) is 0 Å². The van der Waals surface area contributed by atoms with E-state index in [9.17, 15) is 0 Å². The number of aryl methyl sites for hydroxylation is 1. The maximum absolute atomic E-state index is 5.79. The second-order valence-electron chi connectivity index (χ2n) is 3.46. The Morgan fingerprint density at radius 1 is 1.25 bits per heavy atom. The second kappa shape index (κ2) is 4.41. The van der Waals surface area contributed by atoms with Crippen molar-refractivity contribution in [1.29, 1.82) is 0 Å². The number of benzene rings is 1. The molecular weight excluding hydrogens is 224 g/mol. The lowest BCUT2D eigenvalue weighted by molar-refractivity contribution is 0.465. The molecule has 0 amide bonds. The molecule has 0 fully saturated rings. The lowest BCUT2D eigenvalue weighted by Crippen LogP contribution is -1.93. The largest absolute Gasteiger partial charge is 0.437 e. The molecule has 4 heteroatoms. The van der Waals surface area contributed by atoms with Crippen LogP contribution in [0.1, 0.15) is 5.56 Å². The van der Waals surface area contributed by atoms with Gasteiger partial charge in [-0.25, -0.2) is 4.98 Å². The lowest BCUT2D eigenvalue weighted by atomic mass is 10.3. The van der Waals surface area contributed by atoms with Crippen molar-refractivity contribution in [3.05, 3.63) is 47.1 Å². The average molecular weight is 235 g/mol. The fraction of sp³-hybridized carbons (Fsp3) is 0.0833. The molecule has 0 saturated heterocycles. The van der Waals surface area contributed by atoms with E-state index in [0.29, 0.717) is 22.3 Å². The lowest BCUT2D eigenvalue weighted by Gasteiger charge is -2.07. The van der Waals surface area contributed by atoms with Gasteiger partial charge in [-0.05, 0) is 36.8 Å². The van der Waals surface area contributed by atoms with Crippen molar-refractivity contribution in [2.24, 2.45) is 0 Å². The first-order valence-corrected chi connectivity index (χ1v) is 5.18. The van der Waals surface area contributed by atoms with Gasteiger partial charge in [0.25, 0.3) is 0 Å². The first kappa shape index (κ1) is 10.8. The maximum atomic E-state index is 5.79.